The fraction of sp³-hybridized carbons (Fsp3) is 0.246. The van der Waals surface area contributed by atoms with E-state index in [1.54, 1.807) is 5.56 Å². The molecule has 0 atom stereocenters. The molecule has 13 rings (SSSR count). The van der Waals surface area contributed by atoms with E-state index in [0.29, 0.717) is 5.92 Å². The van der Waals surface area contributed by atoms with Gasteiger partial charge in [-0.3, -0.25) is 0 Å². The zero-order valence-electron chi connectivity index (χ0n) is 36.3. The van der Waals surface area contributed by atoms with Crippen LogP contribution in [-0.2, 0) is 10.8 Å². The third kappa shape index (κ3) is 5.73. The largest absolute Gasteiger partial charge is 0.310 e. The molecule has 1 heteroatoms. The Morgan fingerprint density at radius 1 is 0.468 bits per heavy atom. The van der Waals surface area contributed by atoms with Crippen LogP contribution in [0.3, 0.4) is 0 Å². The van der Waals surface area contributed by atoms with Crippen molar-refractivity contribution in [2.45, 2.75) is 76.0 Å². The van der Waals surface area contributed by atoms with Gasteiger partial charge in [-0.25, -0.2) is 0 Å². The second-order valence-electron chi connectivity index (χ2n) is 19.8. The van der Waals surface area contributed by atoms with Crippen molar-refractivity contribution >= 4 is 27.8 Å². The molecule has 0 aromatic heterocycles. The van der Waals surface area contributed by atoms with Gasteiger partial charge >= 0.3 is 0 Å². The summed E-state index contributed by atoms with van der Waals surface area (Å²) in [5, 5.41) is 2.52. The topological polar surface area (TPSA) is 3.24 Å². The Morgan fingerprint density at radius 3 is 1.73 bits per heavy atom. The number of rotatable bonds is 8. The molecular formula is C61H55N. The van der Waals surface area contributed by atoms with E-state index >= 15 is 0 Å². The molecule has 1 nitrogen and oxygen atoms in total. The van der Waals surface area contributed by atoms with E-state index in [2.05, 4.69) is 208 Å². The minimum Gasteiger partial charge on any atom is -0.310 e. The Morgan fingerprint density at radius 2 is 1.05 bits per heavy atom. The zero-order chi connectivity index (χ0) is 41.6. The van der Waals surface area contributed by atoms with Gasteiger partial charge in [-0.1, -0.05) is 159 Å². The van der Waals surface area contributed by atoms with Crippen LogP contribution in [0.25, 0.3) is 33.0 Å². The highest BCUT2D eigenvalue weighted by Crippen LogP contribution is 2.62. The maximum Gasteiger partial charge on any atom is 0.0714 e. The van der Waals surface area contributed by atoms with Gasteiger partial charge in [-0.15, -0.1) is 0 Å². The molecular weight excluding hydrogens is 747 g/mol. The Labute approximate surface area is 368 Å². The molecule has 5 aliphatic carbocycles. The van der Waals surface area contributed by atoms with Crippen molar-refractivity contribution in [3.8, 4) is 22.3 Å². The second kappa shape index (κ2) is 14.5. The number of anilines is 3. The number of aryl methyl sites for hydroxylation is 1. The molecule has 5 aliphatic rings. The van der Waals surface area contributed by atoms with Crippen molar-refractivity contribution in [1.29, 1.82) is 0 Å². The van der Waals surface area contributed by atoms with Crippen LogP contribution < -0.4 is 4.90 Å². The van der Waals surface area contributed by atoms with E-state index in [-0.39, 0.29) is 5.41 Å². The molecule has 0 heterocycles. The van der Waals surface area contributed by atoms with Crippen LogP contribution in [0.5, 0.6) is 0 Å². The number of hydrogen-bond acceptors (Lipinski definition) is 1. The van der Waals surface area contributed by atoms with Crippen molar-refractivity contribution in [2.75, 3.05) is 4.90 Å². The summed E-state index contributed by atoms with van der Waals surface area (Å²) in [6, 6.07) is 69.8. The van der Waals surface area contributed by atoms with Crippen molar-refractivity contribution < 1.29 is 0 Å². The Balaban J connectivity index is 1.15. The van der Waals surface area contributed by atoms with Crippen LogP contribution in [-0.4, -0.2) is 0 Å². The normalized spacial score (nSPS) is 21.6. The highest BCUT2D eigenvalue weighted by atomic mass is 15.1. The SMILES string of the molecule is Cc1cccc2c1-c1ccc(N(c3cccc(C45CC6CC(CC(C6)C4)C5)c3)c3cc4ccccc4cc3-c3ccccc3C(C)C)cc1C2(c1ccccc1)c1ccccc1. The van der Waals surface area contributed by atoms with Gasteiger partial charge in [-0.2, -0.15) is 0 Å². The van der Waals surface area contributed by atoms with Gasteiger partial charge in [0, 0.05) is 16.9 Å². The first-order valence-corrected chi connectivity index (χ1v) is 23.3. The van der Waals surface area contributed by atoms with Crippen molar-refractivity contribution in [2.24, 2.45) is 17.8 Å². The quantitative estimate of drug-likeness (QED) is 0.148. The predicted octanol–water partition coefficient (Wildman–Crippen LogP) is 16.2. The Bertz CT molecular complexity index is 2920. The first-order valence-electron chi connectivity index (χ1n) is 23.3. The second-order valence-corrected chi connectivity index (χ2v) is 19.8. The van der Waals surface area contributed by atoms with Crippen molar-refractivity contribution in [3.63, 3.8) is 0 Å². The molecule has 62 heavy (non-hydrogen) atoms. The lowest BCUT2D eigenvalue weighted by atomic mass is 9.48. The molecule has 4 saturated carbocycles. The fourth-order valence-corrected chi connectivity index (χ4v) is 13.6. The summed E-state index contributed by atoms with van der Waals surface area (Å²) in [6.07, 6.45) is 8.38. The molecule has 0 spiro atoms. The monoisotopic (exact) mass is 801 g/mol. The lowest BCUT2D eigenvalue weighted by Crippen LogP contribution is -2.48. The minimum atomic E-state index is -0.502. The molecule has 0 saturated heterocycles. The lowest BCUT2D eigenvalue weighted by molar-refractivity contribution is -0.00516. The van der Waals surface area contributed by atoms with E-state index in [0.717, 1.165) is 17.8 Å². The third-order valence-corrected chi connectivity index (χ3v) is 15.8. The van der Waals surface area contributed by atoms with Crippen LogP contribution in [0.1, 0.15) is 97.2 Å². The fourth-order valence-electron chi connectivity index (χ4n) is 13.6. The van der Waals surface area contributed by atoms with Gasteiger partial charge in [0.25, 0.3) is 0 Å². The van der Waals surface area contributed by atoms with Crippen molar-refractivity contribution in [3.05, 3.63) is 221 Å². The molecule has 4 fully saturated rings. The highest BCUT2D eigenvalue weighted by Gasteiger charge is 2.52. The number of benzene rings is 8. The molecule has 0 N–H and O–H groups in total. The summed E-state index contributed by atoms with van der Waals surface area (Å²) >= 11 is 0. The van der Waals surface area contributed by atoms with Crippen LogP contribution in [0.15, 0.2) is 182 Å². The zero-order valence-corrected chi connectivity index (χ0v) is 36.3. The van der Waals surface area contributed by atoms with Gasteiger partial charge < -0.3 is 4.90 Å². The van der Waals surface area contributed by atoms with E-state index in [1.165, 1.54) is 122 Å². The molecule has 4 bridgehead atoms. The maximum atomic E-state index is 2.64. The van der Waals surface area contributed by atoms with Crippen LogP contribution >= 0.6 is 0 Å². The lowest BCUT2D eigenvalue weighted by Gasteiger charge is -2.57. The van der Waals surface area contributed by atoms with Gasteiger partial charge in [0.15, 0.2) is 0 Å². The van der Waals surface area contributed by atoms with Gasteiger partial charge in [0.2, 0.25) is 0 Å². The first kappa shape index (κ1) is 37.6. The number of fused-ring (bicyclic) bond motifs is 4. The molecule has 304 valence electrons. The number of hydrogen-bond donors (Lipinski definition) is 0. The van der Waals surface area contributed by atoms with E-state index in [4.69, 9.17) is 0 Å². The summed E-state index contributed by atoms with van der Waals surface area (Å²) in [4.78, 5) is 2.64. The summed E-state index contributed by atoms with van der Waals surface area (Å²) < 4.78 is 0. The Hall–Kier alpha value is -6.18. The average Bonchev–Trinajstić information content (AvgIpc) is 3.60. The molecule has 0 radical (unpaired) electrons. The summed E-state index contributed by atoms with van der Waals surface area (Å²) in [5.74, 6) is 3.02. The molecule has 8 aromatic rings. The molecule has 0 amide bonds. The smallest absolute Gasteiger partial charge is 0.0714 e. The van der Waals surface area contributed by atoms with E-state index in [9.17, 15) is 0 Å². The van der Waals surface area contributed by atoms with Crippen LogP contribution in [0.2, 0.25) is 0 Å². The van der Waals surface area contributed by atoms with Crippen LogP contribution in [0, 0.1) is 24.7 Å². The maximum absolute atomic E-state index is 2.64. The molecule has 8 aromatic carbocycles. The van der Waals surface area contributed by atoms with Gasteiger partial charge in [0.1, 0.15) is 0 Å². The van der Waals surface area contributed by atoms with Crippen molar-refractivity contribution in [1.82, 2.24) is 0 Å². The molecule has 0 aliphatic heterocycles. The van der Waals surface area contributed by atoms with Crippen LogP contribution in [0.4, 0.5) is 17.1 Å². The van der Waals surface area contributed by atoms with Gasteiger partial charge in [0.05, 0.1) is 11.1 Å². The average molecular weight is 802 g/mol. The number of nitrogens with zero attached hydrogens (tertiary/aromatic N) is 1. The standard InChI is InChI=1S/C61H55N/c1-40(2)52-25-12-13-26-53(52)55-33-45-17-10-11-18-46(45)34-58(55)62(50-24-15-23-49(35-50)60-37-42-30-43(38-60)32-44(31-42)39-60)51-28-29-54-57(36-51)61(47-19-6-4-7-20-47,48-21-8-5-9-22-48)56-27-14-16-41(3)59(54)56/h4-29,33-36,40,42-44H,30-32,37-39H2,1-3H3. The highest BCUT2D eigenvalue weighted by molar-refractivity contribution is 6.00. The van der Waals surface area contributed by atoms with Gasteiger partial charge in [-0.05, 0) is 177 Å². The summed E-state index contributed by atoms with van der Waals surface area (Å²) in [5.41, 5.74) is 18.2. The summed E-state index contributed by atoms with van der Waals surface area (Å²) in [6.45, 7) is 6.96. The Kier molecular flexibility index (Phi) is 8.76. The third-order valence-electron chi connectivity index (χ3n) is 15.8. The van der Waals surface area contributed by atoms with E-state index < -0.39 is 5.41 Å². The van der Waals surface area contributed by atoms with E-state index in [1.807, 2.05) is 0 Å². The molecule has 0 unspecified atom stereocenters. The minimum absolute atomic E-state index is 0.278. The summed E-state index contributed by atoms with van der Waals surface area (Å²) in [7, 11) is 0. The predicted molar refractivity (Wildman–Crippen MR) is 260 cm³/mol. The first-order chi connectivity index (χ1) is 30.4.